The minimum absolute atomic E-state index is 0.171. The molecule has 2 N–H and O–H groups in total. The number of aliphatic hydroxyl groups is 1. The summed E-state index contributed by atoms with van der Waals surface area (Å²) in [4.78, 5) is 2.11. The van der Waals surface area contributed by atoms with E-state index in [9.17, 15) is 10.2 Å². The molecule has 1 aromatic carbocycles. The van der Waals surface area contributed by atoms with Crippen LogP contribution in [0, 0.1) is 0 Å². The summed E-state index contributed by atoms with van der Waals surface area (Å²) in [6, 6.07) is 8.78. The molecular formula is C17H22N2O3. The van der Waals surface area contributed by atoms with Crippen molar-refractivity contribution in [1.29, 1.82) is 0 Å². The maximum Gasteiger partial charge on any atom is 0.140 e. The molecule has 2 aromatic rings. The van der Waals surface area contributed by atoms with E-state index < -0.39 is 6.10 Å². The molecule has 1 saturated carbocycles. The molecule has 5 heteroatoms. The SMILES string of the molecule is CCN(Cc1cc(C2CC2)on1)C[C@@H](O)c1cccc(O)c1. The second-order valence-electron chi connectivity index (χ2n) is 5.93. The van der Waals surface area contributed by atoms with Gasteiger partial charge in [0, 0.05) is 25.1 Å². The minimum atomic E-state index is -0.637. The zero-order valence-corrected chi connectivity index (χ0v) is 12.8. The second kappa shape index (κ2) is 6.50. The molecule has 1 aromatic heterocycles. The number of aliphatic hydroxyl groups excluding tert-OH is 1. The Bertz CT molecular complexity index is 622. The normalized spacial score (nSPS) is 16.1. The van der Waals surface area contributed by atoms with Crippen molar-refractivity contribution in [3.8, 4) is 5.75 Å². The number of nitrogens with zero attached hydrogens (tertiary/aromatic N) is 2. The van der Waals surface area contributed by atoms with Crippen molar-refractivity contribution < 1.29 is 14.7 Å². The van der Waals surface area contributed by atoms with Gasteiger partial charge in [-0.3, -0.25) is 4.90 Å². The number of rotatable bonds is 7. The summed E-state index contributed by atoms with van der Waals surface area (Å²) in [5.41, 5.74) is 1.63. The predicted octanol–water partition coefficient (Wildman–Crippen LogP) is 2.81. The molecular weight excluding hydrogens is 280 g/mol. The molecule has 1 aliphatic rings. The first-order valence-corrected chi connectivity index (χ1v) is 7.80. The highest BCUT2D eigenvalue weighted by molar-refractivity contribution is 5.28. The van der Waals surface area contributed by atoms with E-state index in [2.05, 4.69) is 17.0 Å². The van der Waals surface area contributed by atoms with Crippen LogP contribution in [0.25, 0.3) is 0 Å². The molecule has 5 nitrogen and oxygen atoms in total. The quantitative estimate of drug-likeness (QED) is 0.823. The maximum atomic E-state index is 10.3. The zero-order valence-electron chi connectivity index (χ0n) is 12.8. The van der Waals surface area contributed by atoms with E-state index in [1.165, 1.54) is 12.8 Å². The van der Waals surface area contributed by atoms with Crippen LogP contribution in [-0.2, 0) is 6.54 Å². The highest BCUT2D eigenvalue weighted by Gasteiger charge is 2.28. The number of benzene rings is 1. The lowest BCUT2D eigenvalue weighted by molar-refractivity contribution is 0.111. The Morgan fingerprint density at radius 1 is 1.36 bits per heavy atom. The molecule has 22 heavy (non-hydrogen) atoms. The minimum Gasteiger partial charge on any atom is -0.508 e. The molecule has 1 heterocycles. The van der Waals surface area contributed by atoms with Gasteiger partial charge in [-0.15, -0.1) is 0 Å². The number of phenols is 1. The third-order valence-corrected chi connectivity index (χ3v) is 4.08. The van der Waals surface area contributed by atoms with Gasteiger partial charge in [-0.05, 0) is 37.1 Å². The summed E-state index contributed by atoms with van der Waals surface area (Å²) >= 11 is 0. The standard InChI is InChI=1S/C17H22N2O3/c1-2-19(10-14-9-17(22-18-14)12-6-7-12)11-16(21)13-4-3-5-15(20)8-13/h3-5,8-9,12,16,20-21H,2,6-7,10-11H2,1H3/t16-/m1/s1. The molecule has 1 aliphatic carbocycles. The Kier molecular flexibility index (Phi) is 4.45. The summed E-state index contributed by atoms with van der Waals surface area (Å²) in [7, 11) is 0. The van der Waals surface area contributed by atoms with Crippen molar-refractivity contribution in [2.75, 3.05) is 13.1 Å². The first-order chi connectivity index (χ1) is 10.7. The van der Waals surface area contributed by atoms with Gasteiger partial charge in [0.1, 0.15) is 11.5 Å². The summed E-state index contributed by atoms with van der Waals surface area (Å²) < 4.78 is 5.37. The van der Waals surface area contributed by atoms with E-state index in [0.717, 1.165) is 23.6 Å². The van der Waals surface area contributed by atoms with Crippen molar-refractivity contribution in [3.63, 3.8) is 0 Å². The highest BCUT2D eigenvalue weighted by Crippen LogP contribution is 2.40. The topological polar surface area (TPSA) is 69.7 Å². The van der Waals surface area contributed by atoms with E-state index >= 15 is 0 Å². The maximum absolute atomic E-state index is 10.3. The first kappa shape index (κ1) is 15.1. The Balaban J connectivity index is 1.60. The number of phenolic OH excluding ortho intramolecular Hbond substituents is 1. The van der Waals surface area contributed by atoms with E-state index in [1.54, 1.807) is 18.2 Å². The second-order valence-corrected chi connectivity index (χ2v) is 5.93. The Morgan fingerprint density at radius 3 is 2.86 bits per heavy atom. The highest BCUT2D eigenvalue weighted by atomic mass is 16.5. The van der Waals surface area contributed by atoms with Crippen LogP contribution in [0.2, 0.25) is 0 Å². The predicted molar refractivity (Wildman–Crippen MR) is 82.5 cm³/mol. The van der Waals surface area contributed by atoms with Gasteiger partial charge in [-0.2, -0.15) is 0 Å². The monoisotopic (exact) mass is 302 g/mol. The van der Waals surface area contributed by atoms with Crippen LogP contribution >= 0.6 is 0 Å². The average Bonchev–Trinajstić information content (AvgIpc) is 3.26. The number of likely N-dealkylation sites (N-methyl/N-ethyl adjacent to an activating group) is 1. The fraction of sp³-hybridized carbons (Fsp3) is 0.471. The molecule has 0 spiro atoms. The molecule has 0 bridgehead atoms. The summed E-state index contributed by atoms with van der Waals surface area (Å²) in [6.07, 6.45) is 1.76. The molecule has 0 saturated heterocycles. The largest absolute Gasteiger partial charge is 0.508 e. The van der Waals surface area contributed by atoms with Gasteiger partial charge in [-0.1, -0.05) is 24.2 Å². The van der Waals surface area contributed by atoms with Crippen molar-refractivity contribution in [3.05, 3.63) is 47.3 Å². The lowest BCUT2D eigenvalue weighted by atomic mass is 10.1. The zero-order chi connectivity index (χ0) is 15.5. The van der Waals surface area contributed by atoms with Crippen LogP contribution in [0.4, 0.5) is 0 Å². The fourth-order valence-corrected chi connectivity index (χ4v) is 2.58. The van der Waals surface area contributed by atoms with Gasteiger partial charge in [0.2, 0.25) is 0 Å². The molecule has 1 atom stereocenters. The van der Waals surface area contributed by atoms with Crippen LogP contribution < -0.4 is 0 Å². The van der Waals surface area contributed by atoms with Crippen molar-refractivity contribution in [2.45, 2.75) is 38.3 Å². The van der Waals surface area contributed by atoms with E-state index in [-0.39, 0.29) is 5.75 Å². The van der Waals surface area contributed by atoms with Gasteiger partial charge in [0.05, 0.1) is 11.8 Å². The number of aromatic hydroxyl groups is 1. The van der Waals surface area contributed by atoms with Crippen LogP contribution in [-0.4, -0.2) is 33.4 Å². The summed E-state index contributed by atoms with van der Waals surface area (Å²) in [6.45, 7) is 4.01. The molecule has 0 unspecified atom stereocenters. The van der Waals surface area contributed by atoms with Gasteiger partial charge in [-0.25, -0.2) is 0 Å². The molecule has 0 radical (unpaired) electrons. The van der Waals surface area contributed by atoms with Crippen LogP contribution in [0.3, 0.4) is 0 Å². The Morgan fingerprint density at radius 2 is 2.18 bits per heavy atom. The number of aromatic nitrogens is 1. The average molecular weight is 302 g/mol. The molecule has 0 aliphatic heterocycles. The first-order valence-electron chi connectivity index (χ1n) is 7.80. The Hall–Kier alpha value is -1.85. The number of hydrogen-bond acceptors (Lipinski definition) is 5. The molecule has 1 fully saturated rings. The Labute approximate surface area is 130 Å². The lowest BCUT2D eigenvalue weighted by Gasteiger charge is -2.22. The smallest absolute Gasteiger partial charge is 0.140 e. The van der Waals surface area contributed by atoms with Gasteiger partial charge < -0.3 is 14.7 Å². The van der Waals surface area contributed by atoms with Crippen LogP contribution in [0.15, 0.2) is 34.9 Å². The van der Waals surface area contributed by atoms with E-state index in [4.69, 9.17) is 4.52 Å². The third kappa shape index (κ3) is 3.67. The fourth-order valence-electron chi connectivity index (χ4n) is 2.58. The van der Waals surface area contributed by atoms with Crippen LogP contribution in [0.5, 0.6) is 5.75 Å². The molecule has 3 rings (SSSR count). The van der Waals surface area contributed by atoms with Crippen molar-refractivity contribution in [1.82, 2.24) is 10.1 Å². The van der Waals surface area contributed by atoms with E-state index in [0.29, 0.717) is 19.0 Å². The molecule has 0 amide bonds. The van der Waals surface area contributed by atoms with Crippen molar-refractivity contribution >= 4 is 0 Å². The summed E-state index contributed by atoms with van der Waals surface area (Å²) in [5.74, 6) is 1.72. The van der Waals surface area contributed by atoms with Gasteiger partial charge >= 0.3 is 0 Å². The van der Waals surface area contributed by atoms with Crippen molar-refractivity contribution in [2.24, 2.45) is 0 Å². The third-order valence-electron chi connectivity index (χ3n) is 4.08. The van der Waals surface area contributed by atoms with Gasteiger partial charge in [0.25, 0.3) is 0 Å². The number of hydrogen-bond donors (Lipinski definition) is 2. The summed E-state index contributed by atoms with van der Waals surface area (Å²) in [5, 5.41) is 24.0. The van der Waals surface area contributed by atoms with Gasteiger partial charge in [0.15, 0.2) is 0 Å². The van der Waals surface area contributed by atoms with Crippen LogP contribution in [0.1, 0.15) is 48.8 Å². The van der Waals surface area contributed by atoms with E-state index in [1.807, 2.05) is 12.1 Å². The lowest BCUT2D eigenvalue weighted by Crippen LogP contribution is -2.28. The molecule has 118 valence electrons.